The summed E-state index contributed by atoms with van der Waals surface area (Å²) >= 11 is 6.27. The third-order valence-corrected chi connectivity index (χ3v) is 8.06. The highest BCUT2D eigenvalue weighted by molar-refractivity contribution is 6.30. The Kier molecular flexibility index (Phi) is 8.19. The Morgan fingerprint density at radius 1 is 1.12 bits per heavy atom. The van der Waals surface area contributed by atoms with Crippen molar-refractivity contribution in [3.8, 4) is 11.3 Å². The van der Waals surface area contributed by atoms with Gasteiger partial charge >= 0.3 is 12.1 Å². The number of rotatable bonds is 4. The third kappa shape index (κ3) is 6.18. The summed E-state index contributed by atoms with van der Waals surface area (Å²) in [5.74, 6) is -2.76. The zero-order valence-corrected chi connectivity index (χ0v) is 22.8. The highest BCUT2D eigenvalue weighted by Crippen LogP contribution is 2.39. The van der Waals surface area contributed by atoms with E-state index in [2.05, 4.69) is 62.5 Å². The number of alkyl halides is 3. The average Bonchev–Trinajstić information content (AvgIpc) is 3.17. The number of carbonyl (C=O) groups is 1. The number of benzene rings is 2. The van der Waals surface area contributed by atoms with Gasteiger partial charge in [-0.15, -0.1) is 5.10 Å². The molecule has 1 unspecified atom stereocenters. The minimum atomic E-state index is -5.08. The van der Waals surface area contributed by atoms with Crippen molar-refractivity contribution in [2.45, 2.75) is 63.8 Å². The highest BCUT2D eigenvalue weighted by Gasteiger charge is 2.38. The maximum Gasteiger partial charge on any atom is 0.490 e. The van der Waals surface area contributed by atoms with Crippen LogP contribution in [-0.4, -0.2) is 56.3 Å². The molecule has 1 atom stereocenters. The molecule has 6 rings (SSSR count). The Hall–Kier alpha value is -3.37. The molecule has 212 valence electrons. The Morgan fingerprint density at radius 2 is 1.90 bits per heavy atom. The monoisotopic (exact) mass is 573 g/mol. The summed E-state index contributed by atoms with van der Waals surface area (Å²) < 4.78 is 33.8. The van der Waals surface area contributed by atoms with Gasteiger partial charge in [-0.3, -0.25) is 4.90 Å². The van der Waals surface area contributed by atoms with Gasteiger partial charge in [-0.05, 0) is 73.6 Å². The van der Waals surface area contributed by atoms with E-state index in [9.17, 15) is 13.2 Å². The molecular weight excluding hydrogens is 543 g/mol. The van der Waals surface area contributed by atoms with Crippen molar-refractivity contribution >= 4 is 28.8 Å². The molecule has 40 heavy (non-hydrogen) atoms. The van der Waals surface area contributed by atoms with Crippen LogP contribution < -0.4 is 5.32 Å². The normalized spacial score (nSPS) is 19.2. The summed E-state index contributed by atoms with van der Waals surface area (Å²) in [4.78, 5) is 11.6. The second kappa shape index (κ2) is 11.6. The first-order valence-electron chi connectivity index (χ1n) is 13.4. The number of hydrogen-bond donors (Lipinski definition) is 2. The van der Waals surface area contributed by atoms with Gasteiger partial charge in [0.15, 0.2) is 0 Å². The van der Waals surface area contributed by atoms with Gasteiger partial charge in [-0.2, -0.15) is 13.2 Å². The number of carboxylic acid groups (broad SMARTS) is 1. The first-order chi connectivity index (χ1) is 19.1. The number of fused-ring (bicyclic) bond motifs is 3. The lowest BCUT2D eigenvalue weighted by molar-refractivity contribution is -0.192. The van der Waals surface area contributed by atoms with E-state index >= 15 is 0 Å². The molecule has 0 spiro atoms. The van der Waals surface area contributed by atoms with E-state index in [-0.39, 0.29) is 6.04 Å². The molecule has 3 aromatic rings. The molecule has 3 aliphatic rings. The predicted octanol–water partition coefficient (Wildman–Crippen LogP) is 6.74. The van der Waals surface area contributed by atoms with Crippen LogP contribution in [0, 0.1) is 6.92 Å². The fraction of sp³-hybridized carbons (Fsp3) is 0.414. The van der Waals surface area contributed by atoms with Crippen LogP contribution in [0.5, 0.6) is 0 Å². The summed E-state index contributed by atoms with van der Waals surface area (Å²) in [6.45, 7) is 5.14. The van der Waals surface area contributed by atoms with Gasteiger partial charge in [0.25, 0.3) is 0 Å². The Labute approximate surface area is 235 Å². The van der Waals surface area contributed by atoms with Gasteiger partial charge in [0.05, 0.1) is 17.4 Å². The summed E-state index contributed by atoms with van der Waals surface area (Å²) in [5.41, 5.74) is 8.54. The topological polar surface area (TPSA) is 83.3 Å². The largest absolute Gasteiger partial charge is 0.490 e. The molecule has 1 saturated carbocycles. The molecule has 0 amide bonds. The number of halogens is 4. The number of aryl methyl sites for hydroxylation is 2. The standard InChI is InChI=1S/C27H30ClN5.C2HF3O2/c1-18-27-24-9-8-20(19-10-13-32(14-11-19)23-6-3-7-23)16-25(24)26(12-15-33(27)31-30-18)29-22-5-2-4-21(28)17-22;3-2(4,5)1(6)7/h2,4-5,8-10,16-17,23,26,29H,3,6-7,11-15H2,1H3;(H,6,7). The highest BCUT2D eigenvalue weighted by atomic mass is 35.5. The van der Waals surface area contributed by atoms with Gasteiger partial charge in [0, 0.05) is 41.9 Å². The Morgan fingerprint density at radius 3 is 2.52 bits per heavy atom. The zero-order valence-electron chi connectivity index (χ0n) is 22.1. The van der Waals surface area contributed by atoms with Crippen LogP contribution in [0.3, 0.4) is 0 Å². The third-order valence-electron chi connectivity index (χ3n) is 7.83. The Bertz CT molecular complexity index is 1420. The van der Waals surface area contributed by atoms with E-state index in [0.717, 1.165) is 54.1 Å². The maximum absolute atomic E-state index is 10.6. The molecule has 7 nitrogen and oxygen atoms in total. The molecule has 1 fully saturated rings. The van der Waals surface area contributed by atoms with Crippen molar-refractivity contribution in [3.63, 3.8) is 0 Å². The predicted molar refractivity (Wildman–Crippen MR) is 148 cm³/mol. The summed E-state index contributed by atoms with van der Waals surface area (Å²) in [7, 11) is 0. The van der Waals surface area contributed by atoms with E-state index in [1.165, 1.54) is 48.1 Å². The van der Waals surface area contributed by atoms with E-state index in [4.69, 9.17) is 21.5 Å². The van der Waals surface area contributed by atoms with Crippen LogP contribution in [0.25, 0.3) is 16.8 Å². The quantitative estimate of drug-likeness (QED) is 0.360. The molecule has 0 radical (unpaired) electrons. The number of aromatic nitrogens is 3. The van der Waals surface area contributed by atoms with E-state index in [1.807, 2.05) is 18.2 Å². The van der Waals surface area contributed by atoms with Crippen LogP contribution in [-0.2, 0) is 11.3 Å². The van der Waals surface area contributed by atoms with Gasteiger partial charge in [-0.25, -0.2) is 9.48 Å². The SMILES string of the molecule is Cc1nnn2c1-c1ccc(C3=CCN(C4CCC4)CC3)cc1C(Nc1cccc(Cl)c1)CC2.O=C(O)C(F)(F)F. The molecule has 2 N–H and O–H groups in total. The summed E-state index contributed by atoms with van der Waals surface area (Å²) in [6.07, 6.45) is 3.58. The van der Waals surface area contributed by atoms with Crippen molar-refractivity contribution in [2.75, 3.05) is 18.4 Å². The number of hydrogen-bond acceptors (Lipinski definition) is 5. The van der Waals surface area contributed by atoms with Gasteiger partial charge < -0.3 is 10.4 Å². The number of carboxylic acids is 1. The first-order valence-corrected chi connectivity index (χ1v) is 13.8. The molecule has 1 aromatic heterocycles. The fourth-order valence-corrected chi connectivity index (χ4v) is 5.71. The van der Waals surface area contributed by atoms with Crippen molar-refractivity contribution in [3.05, 3.63) is 70.4 Å². The van der Waals surface area contributed by atoms with Crippen molar-refractivity contribution in [1.29, 1.82) is 0 Å². The second-order valence-corrected chi connectivity index (χ2v) is 10.8. The number of anilines is 1. The summed E-state index contributed by atoms with van der Waals surface area (Å²) in [5, 5.41) is 20.4. The minimum absolute atomic E-state index is 0.176. The number of aliphatic carboxylic acids is 1. The molecule has 0 bridgehead atoms. The summed E-state index contributed by atoms with van der Waals surface area (Å²) in [6, 6.07) is 16.0. The van der Waals surface area contributed by atoms with Gasteiger partial charge in [0.1, 0.15) is 0 Å². The van der Waals surface area contributed by atoms with Crippen molar-refractivity contribution < 1.29 is 23.1 Å². The minimum Gasteiger partial charge on any atom is -0.475 e. The van der Waals surface area contributed by atoms with Gasteiger partial charge in [-0.1, -0.05) is 47.5 Å². The molecule has 2 aromatic carbocycles. The van der Waals surface area contributed by atoms with Gasteiger partial charge in [0.2, 0.25) is 0 Å². The lowest BCUT2D eigenvalue weighted by atomic mass is 9.88. The number of nitrogens with one attached hydrogen (secondary N) is 1. The lowest BCUT2D eigenvalue weighted by Gasteiger charge is -2.39. The molecule has 1 aliphatic carbocycles. The van der Waals surface area contributed by atoms with Crippen LogP contribution >= 0.6 is 11.6 Å². The van der Waals surface area contributed by atoms with E-state index in [1.54, 1.807) is 0 Å². The van der Waals surface area contributed by atoms with Crippen LogP contribution in [0.1, 0.15) is 55.0 Å². The Balaban J connectivity index is 0.000000411. The van der Waals surface area contributed by atoms with E-state index < -0.39 is 12.1 Å². The van der Waals surface area contributed by atoms with Crippen molar-refractivity contribution in [1.82, 2.24) is 19.9 Å². The lowest BCUT2D eigenvalue weighted by Crippen LogP contribution is -2.42. The first kappa shape index (κ1) is 28.2. The van der Waals surface area contributed by atoms with Crippen LogP contribution in [0.4, 0.5) is 18.9 Å². The average molecular weight is 574 g/mol. The van der Waals surface area contributed by atoms with Crippen LogP contribution in [0.2, 0.25) is 5.02 Å². The molecule has 11 heteroatoms. The number of nitrogens with zero attached hydrogens (tertiary/aromatic N) is 4. The molecule has 3 heterocycles. The van der Waals surface area contributed by atoms with E-state index in [0.29, 0.717) is 0 Å². The zero-order chi connectivity index (χ0) is 28.4. The molecule has 0 saturated heterocycles. The second-order valence-electron chi connectivity index (χ2n) is 10.4. The van der Waals surface area contributed by atoms with Crippen LogP contribution in [0.15, 0.2) is 48.5 Å². The molecular formula is C29H31ClF3N5O2. The van der Waals surface area contributed by atoms with Crippen molar-refractivity contribution in [2.24, 2.45) is 0 Å². The maximum atomic E-state index is 10.6. The fourth-order valence-electron chi connectivity index (χ4n) is 5.52. The molecule has 2 aliphatic heterocycles. The smallest absolute Gasteiger partial charge is 0.475 e.